The third-order valence-electron chi connectivity index (χ3n) is 5.58. The van der Waals surface area contributed by atoms with Crippen LogP contribution in [-0.4, -0.2) is 48.6 Å². The standard InChI is InChI=1S/C22H32N2O3/c1-4-5-10-19-14-23(15-20(27-19)16(2)3)22(26)17-8-6-9-18(13-17)24-12-7-11-21(24)25/h6,8-9,13,16,19-20H,4-5,7,10-12,14-15H2,1-3H3/t19-,20-/m1/s1. The van der Waals surface area contributed by atoms with E-state index in [9.17, 15) is 9.59 Å². The van der Waals surface area contributed by atoms with Crippen LogP contribution in [0.15, 0.2) is 24.3 Å². The third kappa shape index (κ3) is 4.70. The molecule has 2 amide bonds. The van der Waals surface area contributed by atoms with E-state index < -0.39 is 0 Å². The number of anilines is 1. The van der Waals surface area contributed by atoms with E-state index >= 15 is 0 Å². The Labute approximate surface area is 162 Å². The van der Waals surface area contributed by atoms with Gasteiger partial charge in [-0.3, -0.25) is 9.59 Å². The Morgan fingerprint density at radius 2 is 2.11 bits per heavy atom. The average Bonchev–Trinajstić information content (AvgIpc) is 3.11. The molecular weight excluding hydrogens is 340 g/mol. The van der Waals surface area contributed by atoms with E-state index in [1.165, 1.54) is 0 Å². The third-order valence-corrected chi connectivity index (χ3v) is 5.58. The zero-order valence-corrected chi connectivity index (χ0v) is 16.8. The molecule has 2 aliphatic heterocycles. The number of carbonyl (C=O) groups is 2. The fourth-order valence-corrected chi connectivity index (χ4v) is 3.91. The van der Waals surface area contributed by atoms with Gasteiger partial charge in [0.2, 0.25) is 5.91 Å². The fraction of sp³-hybridized carbons (Fsp3) is 0.636. The minimum Gasteiger partial charge on any atom is -0.371 e. The van der Waals surface area contributed by atoms with Gasteiger partial charge in [0.15, 0.2) is 0 Å². The Morgan fingerprint density at radius 1 is 1.30 bits per heavy atom. The first-order chi connectivity index (χ1) is 13.0. The molecular formula is C22H32N2O3. The van der Waals surface area contributed by atoms with Crippen LogP contribution in [0, 0.1) is 5.92 Å². The lowest BCUT2D eigenvalue weighted by molar-refractivity contribution is -0.117. The van der Waals surface area contributed by atoms with E-state index in [4.69, 9.17) is 4.74 Å². The van der Waals surface area contributed by atoms with Crippen LogP contribution in [0.2, 0.25) is 0 Å². The molecule has 0 aliphatic carbocycles. The van der Waals surface area contributed by atoms with Gasteiger partial charge in [0.05, 0.1) is 12.2 Å². The number of amides is 2. The average molecular weight is 373 g/mol. The highest BCUT2D eigenvalue weighted by molar-refractivity contribution is 5.99. The summed E-state index contributed by atoms with van der Waals surface area (Å²) < 4.78 is 6.24. The highest BCUT2D eigenvalue weighted by atomic mass is 16.5. The van der Waals surface area contributed by atoms with Crippen molar-refractivity contribution in [2.24, 2.45) is 5.92 Å². The number of unbranched alkanes of at least 4 members (excludes halogenated alkanes) is 1. The van der Waals surface area contributed by atoms with Gasteiger partial charge in [-0.25, -0.2) is 0 Å². The molecule has 2 atom stereocenters. The van der Waals surface area contributed by atoms with Crippen LogP contribution in [0.25, 0.3) is 0 Å². The molecule has 0 radical (unpaired) electrons. The summed E-state index contributed by atoms with van der Waals surface area (Å²) in [6.45, 7) is 8.49. The Hall–Kier alpha value is -1.88. The molecule has 2 saturated heterocycles. The summed E-state index contributed by atoms with van der Waals surface area (Å²) in [6, 6.07) is 7.52. The van der Waals surface area contributed by atoms with Gasteiger partial charge >= 0.3 is 0 Å². The topological polar surface area (TPSA) is 49.9 Å². The van der Waals surface area contributed by atoms with Crippen molar-refractivity contribution in [2.45, 2.75) is 65.1 Å². The van der Waals surface area contributed by atoms with Gasteiger partial charge in [-0.15, -0.1) is 0 Å². The van der Waals surface area contributed by atoms with Gasteiger partial charge in [0.25, 0.3) is 5.91 Å². The zero-order chi connectivity index (χ0) is 19.4. The molecule has 0 N–H and O–H groups in total. The van der Waals surface area contributed by atoms with Crippen molar-refractivity contribution in [3.63, 3.8) is 0 Å². The van der Waals surface area contributed by atoms with E-state index in [0.717, 1.165) is 37.9 Å². The maximum Gasteiger partial charge on any atom is 0.254 e. The second-order valence-corrected chi connectivity index (χ2v) is 8.09. The number of morpholine rings is 1. The number of ether oxygens (including phenoxy) is 1. The SMILES string of the molecule is CCCC[C@@H]1CN(C(=O)c2cccc(N3CCCC3=O)c2)C[C@H](C(C)C)O1. The minimum absolute atomic E-state index is 0.0407. The van der Waals surface area contributed by atoms with Gasteiger partial charge in [-0.05, 0) is 37.0 Å². The van der Waals surface area contributed by atoms with Crippen molar-refractivity contribution in [1.82, 2.24) is 4.90 Å². The smallest absolute Gasteiger partial charge is 0.254 e. The fourth-order valence-electron chi connectivity index (χ4n) is 3.91. The first kappa shape index (κ1) is 19.9. The van der Waals surface area contributed by atoms with Crippen molar-refractivity contribution >= 4 is 17.5 Å². The number of nitrogens with zero attached hydrogens (tertiary/aromatic N) is 2. The first-order valence-corrected chi connectivity index (χ1v) is 10.3. The maximum atomic E-state index is 13.2. The number of benzene rings is 1. The quantitative estimate of drug-likeness (QED) is 0.762. The molecule has 5 heteroatoms. The van der Waals surface area contributed by atoms with Crippen LogP contribution < -0.4 is 4.90 Å². The minimum atomic E-state index is 0.0407. The van der Waals surface area contributed by atoms with Crippen molar-refractivity contribution < 1.29 is 14.3 Å². The Morgan fingerprint density at radius 3 is 2.78 bits per heavy atom. The Balaban J connectivity index is 1.76. The second-order valence-electron chi connectivity index (χ2n) is 8.09. The lowest BCUT2D eigenvalue weighted by Crippen LogP contribution is -2.51. The molecule has 1 aromatic rings. The number of hydrogen-bond acceptors (Lipinski definition) is 3. The Kier molecular flexibility index (Phi) is 6.53. The van der Waals surface area contributed by atoms with Gasteiger partial charge in [0.1, 0.15) is 0 Å². The largest absolute Gasteiger partial charge is 0.371 e. The molecule has 0 aromatic heterocycles. The molecule has 2 aliphatic rings. The number of carbonyl (C=O) groups excluding carboxylic acids is 2. The van der Waals surface area contributed by atoms with Crippen LogP contribution >= 0.6 is 0 Å². The molecule has 0 saturated carbocycles. The lowest BCUT2D eigenvalue weighted by Gasteiger charge is -2.40. The van der Waals surface area contributed by atoms with E-state index in [1.54, 1.807) is 4.90 Å². The predicted molar refractivity (Wildman–Crippen MR) is 107 cm³/mol. The molecule has 3 rings (SSSR count). The second kappa shape index (κ2) is 8.87. The van der Waals surface area contributed by atoms with Gasteiger partial charge < -0.3 is 14.5 Å². The summed E-state index contributed by atoms with van der Waals surface area (Å²) in [6.07, 6.45) is 4.90. The van der Waals surface area contributed by atoms with Crippen molar-refractivity contribution in [2.75, 3.05) is 24.5 Å². The normalized spacial score (nSPS) is 23.3. The lowest BCUT2D eigenvalue weighted by atomic mass is 10.0. The molecule has 148 valence electrons. The first-order valence-electron chi connectivity index (χ1n) is 10.3. The van der Waals surface area contributed by atoms with E-state index in [2.05, 4.69) is 20.8 Å². The molecule has 2 fully saturated rings. The summed E-state index contributed by atoms with van der Waals surface area (Å²) in [7, 11) is 0. The van der Waals surface area contributed by atoms with Crippen LogP contribution in [0.5, 0.6) is 0 Å². The van der Waals surface area contributed by atoms with E-state index in [-0.39, 0.29) is 24.0 Å². The predicted octanol–water partition coefficient (Wildman–Crippen LogP) is 3.87. The van der Waals surface area contributed by atoms with Gasteiger partial charge in [-0.2, -0.15) is 0 Å². The van der Waals surface area contributed by atoms with Crippen molar-refractivity contribution in [1.29, 1.82) is 0 Å². The Bertz CT molecular complexity index is 673. The molecule has 2 heterocycles. The summed E-state index contributed by atoms with van der Waals surface area (Å²) in [5, 5.41) is 0. The molecule has 5 nitrogen and oxygen atoms in total. The van der Waals surface area contributed by atoms with Gasteiger partial charge in [-0.1, -0.05) is 39.7 Å². The molecule has 0 unspecified atom stereocenters. The highest BCUT2D eigenvalue weighted by Gasteiger charge is 2.32. The van der Waals surface area contributed by atoms with Crippen molar-refractivity contribution in [3.8, 4) is 0 Å². The summed E-state index contributed by atoms with van der Waals surface area (Å²) in [5.74, 6) is 0.558. The monoisotopic (exact) mass is 372 g/mol. The maximum absolute atomic E-state index is 13.2. The van der Waals surface area contributed by atoms with Crippen LogP contribution in [-0.2, 0) is 9.53 Å². The summed E-state index contributed by atoms with van der Waals surface area (Å²) in [4.78, 5) is 29.0. The van der Waals surface area contributed by atoms with Crippen LogP contribution in [0.4, 0.5) is 5.69 Å². The van der Waals surface area contributed by atoms with E-state index in [1.807, 2.05) is 29.2 Å². The van der Waals surface area contributed by atoms with Gasteiger partial charge in [0, 0.05) is 37.3 Å². The zero-order valence-electron chi connectivity index (χ0n) is 16.8. The molecule has 27 heavy (non-hydrogen) atoms. The number of rotatable bonds is 6. The van der Waals surface area contributed by atoms with Crippen LogP contribution in [0.1, 0.15) is 63.2 Å². The number of hydrogen-bond donors (Lipinski definition) is 0. The summed E-state index contributed by atoms with van der Waals surface area (Å²) >= 11 is 0. The highest BCUT2D eigenvalue weighted by Crippen LogP contribution is 2.25. The van der Waals surface area contributed by atoms with Crippen molar-refractivity contribution in [3.05, 3.63) is 29.8 Å². The molecule has 0 bridgehead atoms. The van der Waals surface area contributed by atoms with Crippen LogP contribution in [0.3, 0.4) is 0 Å². The molecule has 1 aromatic carbocycles. The van der Waals surface area contributed by atoms with E-state index in [0.29, 0.717) is 31.0 Å². The molecule has 0 spiro atoms. The summed E-state index contributed by atoms with van der Waals surface area (Å²) in [5.41, 5.74) is 1.49.